The third-order valence-electron chi connectivity index (χ3n) is 17.7. The van der Waals surface area contributed by atoms with Crippen LogP contribution in [0.3, 0.4) is 0 Å². The number of carbonyl (C=O) groups is 1. The van der Waals surface area contributed by atoms with Crippen LogP contribution in [-0.4, -0.2) is 110 Å². The van der Waals surface area contributed by atoms with Crippen LogP contribution in [0.5, 0.6) is 0 Å². The predicted octanol–water partition coefficient (Wildman–Crippen LogP) is 17.6. The number of carbonyl (C=O) groups excluding carboxylic acids is 1. The Morgan fingerprint density at radius 3 is 1.04 bits per heavy atom. The molecule has 1 aliphatic heterocycles. The molecule has 8 N–H and O–H groups in total. The van der Waals surface area contributed by atoms with Crippen LogP contribution in [0.2, 0.25) is 0 Å². The molecule has 11 heteroatoms. The molecule has 492 valence electrons. The van der Waals surface area contributed by atoms with E-state index in [4.69, 9.17) is 9.47 Å². The summed E-state index contributed by atoms with van der Waals surface area (Å²) in [7, 11) is 0. The number of aliphatic hydroxyl groups is 7. The average molecular weight is 1180 g/mol. The molecule has 1 fully saturated rings. The fourth-order valence-electron chi connectivity index (χ4n) is 11.9. The average Bonchev–Trinajstić information content (AvgIpc) is 3.65. The van der Waals surface area contributed by atoms with Gasteiger partial charge >= 0.3 is 0 Å². The van der Waals surface area contributed by atoms with Gasteiger partial charge in [-0.15, -0.1) is 0 Å². The minimum atomic E-state index is -1.67. The van der Waals surface area contributed by atoms with Gasteiger partial charge in [0.1, 0.15) is 36.6 Å². The number of hydrogen-bond acceptors (Lipinski definition) is 10. The smallest absolute Gasteiger partial charge is 0.249 e. The van der Waals surface area contributed by atoms with Gasteiger partial charge in [0.25, 0.3) is 0 Å². The van der Waals surface area contributed by atoms with Crippen LogP contribution in [0.1, 0.15) is 361 Å². The quantitative estimate of drug-likeness (QED) is 0.0215. The first-order valence-corrected chi connectivity index (χ1v) is 36.2. The first kappa shape index (κ1) is 79.6. The number of hydrogen-bond donors (Lipinski definition) is 8. The third kappa shape index (κ3) is 48.2. The van der Waals surface area contributed by atoms with Crippen LogP contribution in [0.15, 0.2) is 24.3 Å². The molecular weight excluding hydrogens is 1040 g/mol. The van der Waals surface area contributed by atoms with E-state index >= 15 is 0 Å². The Morgan fingerprint density at radius 1 is 0.410 bits per heavy atom. The summed E-state index contributed by atoms with van der Waals surface area (Å²) in [5.74, 6) is -0.700. The van der Waals surface area contributed by atoms with Crippen molar-refractivity contribution in [2.24, 2.45) is 0 Å². The van der Waals surface area contributed by atoms with Crippen molar-refractivity contribution in [1.29, 1.82) is 0 Å². The van der Waals surface area contributed by atoms with E-state index in [1.54, 1.807) is 0 Å². The van der Waals surface area contributed by atoms with E-state index < -0.39 is 74.2 Å². The first-order valence-electron chi connectivity index (χ1n) is 36.2. The molecule has 0 aliphatic carbocycles. The molecule has 1 amide bonds. The third-order valence-corrected chi connectivity index (χ3v) is 17.7. The van der Waals surface area contributed by atoms with Crippen LogP contribution in [-0.2, 0) is 14.3 Å². The maximum absolute atomic E-state index is 13.2. The molecule has 0 aromatic rings. The lowest BCUT2D eigenvalue weighted by Crippen LogP contribution is -2.60. The molecule has 1 heterocycles. The van der Waals surface area contributed by atoms with Gasteiger partial charge in [0.15, 0.2) is 6.29 Å². The Balaban J connectivity index is 2.12. The van der Waals surface area contributed by atoms with E-state index in [2.05, 4.69) is 43.5 Å². The van der Waals surface area contributed by atoms with Crippen molar-refractivity contribution in [3.63, 3.8) is 0 Å². The van der Waals surface area contributed by atoms with Crippen LogP contribution in [0, 0.1) is 0 Å². The molecule has 0 aromatic heterocycles. The van der Waals surface area contributed by atoms with Gasteiger partial charge in [-0.3, -0.25) is 4.79 Å². The Labute approximate surface area is 512 Å². The Hall–Kier alpha value is -1.41. The second-order valence-electron chi connectivity index (χ2n) is 25.7. The van der Waals surface area contributed by atoms with E-state index in [9.17, 15) is 40.5 Å². The maximum Gasteiger partial charge on any atom is 0.249 e. The van der Waals surface area contributed by atoms with Crippen molar-refractivity contribution in [3.8, 4) is 0 Å². The molecule has 1 rings (SSSR count). The minimum Gasteiger partial charge on any atom is -0.394 e. The number of ether oxygens (including phenoxy) is 2. The zero-order valence-corrected chi connectivity index (χ0v) is 54.5. The second-order valence-corrected chi connectivity index (χ2v) is 25.7. The number of unbranched alkanes of at least 4 members (excludes halogenated alkanes) is 48. The van der Waals surface area contributed by atoms with Crippen molar-refractivity contribution in [2.75, 3.05) is 13.2 Å². The topological polar surface area (TPSA) is 189 Å². The van der Waals surface area contributed by atoms with Crippen LogP contribution in [0.25, 0.3) is 0 Å². The molecule has 0 aromatic carbocycles. The molecule has 1 saturated heterocycles. The van der Waals surface area contributed by atoms with Gasteiger partial charge in [-0.1, -0.05) is 321 Å². The summed E-state index contributed by atoms with van der Waals surface area (Å²) in [4.78, 5) is 13.2. The SMILES string of the molecule is CCCCCCCCCCCCCCC/C=C/CCCC(O)C(O)C(COC1OC(CO)C(O)C(O)C1O)NC(=O)C(O)CCCCCCCCCCCCCCCCCC/C=C\CCCCCCCCCCCCCCCCCCCC. The van der Waals surface area contributed by atoms with Gasteiger partial charge in [0.05, 0.1) is 25.4 Å². The standard InChI is InChI=1S/C72H139NO10/c1-3-5-7-9-11-13-15-17-19-21-23-24-25-26-27-28-29-30-31-32-33-34-35-36-37-38-39-40-41-42-44-46-48-50-52-54-56-58-60-65(76)71(81)73-63(62-82-72-70(80)69(79)68(78)66(61-74)83-72)67(77)64(75)59-57-55-53-51-49-47-45-43-22-20-18-16-14-12-10-8-6-4-2/h32-33,51,53,63-70,72,74-80H,3-31,34-50,52,54-62H2,1-2H3,(H,73,81)/b33-32-,53-51+. The number of aliphatic hydroxyl groups excluding tert-OH is 7. The molecule has 83 heavy (non-hydrogen) atoms. The molecule has 0 radical (unpaired) electrons. The fourth-order valence-corrected chi connectivity index (χ4v) is 11.9. The van der Waals surface area contributed by atoms with Crippen LogP contribution in [0.4, 0.5) is 0 Å². The minimum absolute atomic E-state index is 0.257. The van der Waals surface area contributed by atoms with E-state index in [-0.39, 0.29) is 12.8 Å². The summed E-state index contributed by atoms with van der Waals surface area (Å²) in [5, 5.41) is 76.4. The van der Waals surface area contributed by atoms with Crippen molar-refractivity contribution >= 4 is 5.91 Å². The summed E-state index contributed by atoms with van der Waals surface area (Å²) >= 11 is 0. The second kappa shape index (κ2) is 60.9. The van der Waals surface area contributed by atoms with Crippen LogP contribution >= 0.6 is 0 Å². The highest BCUT2D eigenvalue weighted by Crippen LogP contribution is 2.24. The summed E-state index contributed by atoms with van der Waals surface area (Å²) < 4.78 is 11.2. The molecule has 0 saturated carbocycles. The van der Waals surface area contributed by atoms with Crippen molar-refractivity contribution < 1.29 is 50.0 Å². The maximum atomic E-state index is 13.2. The molecule has 9 unspecified atom stereocenters. The van der Waals surface area contributed by atoms with Crippen molar-refractivity contribution in [1.82, 2.24) is 5.32 Å². The molecular formula is C72H139NO10. The Bertz CT molecular complexity index is 1400. The van der Waals surface area contributed by atoms with Crippen molar-refractivity contribution in [2.45, 2.75) is 416 Å². The zero-order valence-electron chi connectivity index (χ0n) is 54.5. The Morgan fingerprint density at radius 2 is 0.711 bits per heavy atom. The first-order chi connectivity index (χ1) is 40.7. The summed E-state index contributed by atoms with van der Waals surface area (Å²) in [6.45, 7) is 3.49. The van der Waals surface area contributed by atoms with E-state index in [0.29, 0.717) is 12.8 Å². The van der Waals surface area contributed by atoms with Gasteiger partial charge in [-0.2, -0.15) is 0 Å². The monoisotopic (exact) mass is 1180 g/mol. The number of allylic oxidation sites excluding steroid dienone is 4. The Kier molecular flexibility index (Phi) is 58.4. The lowest BCUT2D eigenvalue weighted by atomic mass is 9.98. The lowest BCUT2D eigenvalue weighted by Gasteiger charge is -2.40. The van der Waals surface area contributed by atoms with Crippen LogP contribution < -0.4 is 5.32 Å². The highest BCUT2D eigenvalue weighted by Gasteiger charge is 2.44. The van der Waals surface area contributed by atoms with Crippen molar-refractivity contribution in [3.05, 3.63) is 24.3 Å². The molecule has 0 bridgehead atoms. The van der Waals surface area contributed by atoms with E-state index in [0.717, 1.165) is 38.5 Å². The van der Waals surface area contributed by atoms with Gasteiger partial charge in [-0.05, 0) is 64.2 Å². The summed E-state index contributed by atoms with van der Waals surface area (Å²) in [5.41, 5.74) is 0. The molecule has 9 atom stereocenters. The van der Waals surface area contributed by atoms with E-state index in [1.165, 1.54) is 283 Å². The molecule has 11 nitrogen and oxygen atoms in total. The van der Waals surface area contributed by atoms with Gasteiger partial charge in [0, 0.05) is 0 Å². The number of nitrogens with one attached hydrogen (secondary N) is 1. The van der Waals surface area contributed by atoms with Gasteiger partial charge in [-0.25, -0.2) is 0 Å². The molecule has 0 spiro atoms. The summed E-state index contributed by atoms with van der Waals surface area (Å²) in [6.07, 6.45) is 65.8. The fraction of sp³-hybridized carbons (Fsp3) is 0.931. The van der Waals surface area contributed by atoms with Gasteiger partial charge in [0.2, 0.25) is 5.91 Å². The largest absolute Gasteiger partial charge is 0.394 e. The highest BCUT2D eigenvalue weighted by molar-refractivity contribution is 5.80. The summed E-state index contributed by atoms with van der Waals surface area (Å²) in [6, 6.07) is -1.18. The zero-order chi connectivity index (χ0) is 60.3. The number of amides is 1. The lowest BCUT2D eigenvalue weighted by molar-refractivity contribution is -0.303. The van der Waals surface area contributed by atoms with Gasteiger partial charge < -0.3 is 50.5 Å². The predicted molar refractivity (Wildman–Crippen MR) is 349 cm³/mol. The van der Waals surface area contributed by atoms with E-state index in [1.807, 2.05) is 0 Å². The molecule has 1 aliphatic rings. The highest BCUT2D eigenvalue weighted by atomic mass is 16.7. The normalized spacial score (nSPS) is 19.1. The number of rotatable bonds is 64.